The average Bonchev–Trinajstić information content (AvgIpc) is 2.71. The number of nitrogens with one attached hydrogen (secondary N) is 1. The summed E-state index contributed by atoms with van der Waals surface area (Å²) in [4.78, 5) is 12.7. The summed E-state index contributed by atoms with van der Waals surface area (Å²) in [5.74, 6) is 1.91. The molecule has 0 saturated carbocycles. The van der Waals surface area contributed by atoms with Crippen LogP contribution in [0.25, 0.3) is 0 Å². The number of aryl methyl sites for hydroxylation is 1. The van der Waals surface area contributed by atoms with Crippen LogP contribution >= 0.6 is 0 Å². The molecule has 5 heteroatoms. The van der Waals surface area contributed by atoms with Crippen LogP contribution in [0.15, 0.2) is 42.5 Å². The van der Waals surface area contributed by atoms with Gasteiger partial charge in [-0.1, -0.05) is 38.1 Å². The van der Waals surface area contributed by atoms with Crippen LogP contribution in [0.2, 0.25) is 0 Å². The number of ether oxygens (including phenoxy) is 3. The van der Waals surface area contributed by atoms with E-state index in [0.717, 1.165) is 29.7 Å². The van der Waals surface area contributed by atoms with Gasteiger partial charge in [0.25, 0.3) is 5.91 Å². The third-order valence-corrected chi connectivity index (χ3v) is 4.56. The molecule has 146 valence electrons. The maximum atomic E-state index is 12.7. The van der Waals surface area contributed by atoms with Crippen molar-refractivity contribution in [1.29, 1.82) is 0 Å². The van der Waals surface area contributed by atoms with Gasteiger partial charge in [-0.3, -0.25) is 4.79 Å². The first-order valence-corrected chi connectivity index (χ1v) is 9.30. The smallest absolute Gasteiger partial charge is 0.261 e. The average molecular weight is 371 g/mol. The molecule has 1 N–H and O–H groups in total. The Hall–Kier alpha value is -2.69. The molecule has 0 fully saturated rings. The number of amides is 1. The minimum atomic E-state index is -0.591. The van der Waals surface area contributed by atoms with Crippen molar-refractivity contribution in [1.82, 2.24) is 5.32 Å². The lowest BCUT2D eigenvalue weighted by molar-refractivity contribution is -0.128. The first-order chi connectivity index (χ1) is 13.0. The van der Waals surface area contributed by atoms with Crippen molar-refractivity contribution in [2.45, 2.75) is 45.8 Å². The maximum absolute atomic E-state index is 12.7. The molecular formula is C22H29NO4. The van der Waals surface area contributed by atoms with Crippen molar-refractivity contribution >= 4 is 5.91 Å². The van der Waals surface area contributed by atoms with E-state index in [1.54, 1.807) is 21.1 Å². The number of carbonyl (C=O) groups excluding carboxylic acids is 1. The summed E-state index contributed by atoms with van der Waals surface area (Å²) >= 11 is 0. The number of hydrogen-bond donors (Lipinski definition) is 1. The fraction of sp³-hybridized carbons (Fsp3) is 0.409. The molecule has 2 atom stereocenters. The van der Waals surface area contributed by atoms with Gasteiger partial charge in [0.2, 0.25) is 0 Å². The van der Waals surface area contributed by atoms with Crippen molar-refractivity contribution in [3.05, 3.63) is 53.6 Å². The van der Waals surface area contributed by atoms with Gasteiger partial charge in [-0.15, -0.1) is 0 Å². The van der Waals surface area contributed by atoms with E-state index in [1.165, 1.54) is 0 Å². The fourth-order valence-electron chi connectivity index (χ4n) is 2.93. The zero-order valence-corrected chi connectivity index (χ0v) is 16.7. The van der Waals surface area contributed by atoms with Crippen LogP contribution < -0.4 is 19.5 Å². The van der Waals surface area contributed by atoms with Gasteiger partial charge >= 0.3 is 0 Å². The van der Waals surface area contributed by atoms with E-state index >= 15 is 0 Å². The summed E-state index contributed by atoms with van der Waals surface area (Å²) in [6.07, 6.45) is 1.01. The monoisotopic (exact) mass is 371 g/mol. The van der Waals surface area contributed by atoms with Crippen LogP contribution in [0, 0.1) is 0 Å². The minimum absolute atomic E-state index is 0.134. The summed E-state index contributed by atoms with van der Waals surface area (Å²) in [7, 11) is 3.20. The summed E-state index contributed by atoms with van der Waals surface area (Å²) in [5.41, 5.74) is 2.05. The first-order valence-electron chi connectivity index (χ1n) is 9.30. The van der Waals surface area contributed by atoms with E-state index in [0.29, 0.717) is 11.5 Å². The second-order valence-electron chi connectivity index (χ2n) is 6.31. The van der Waals surface area contributed by atoms with Crippen LogP contribution in [0.5, 0.6) is 17.2 Å². The normalized spacial score (nSPS) is 12.8. The third-order valence-electron chi connectivity index (χ3n) is 4.56. The van der Waals surface area contributed by atoms with Gasteiger partial charge < -0.3 is 19.5 Å². The number of carbonyl (C=O) groups is 1. The maximum Gasteiger partial charge on any atom is 0.261 e. The molecule has 5 nitrogen and oxygen atoms in total. The van der Waals surface area contributed by atoms with Crippen molar-refractivity contribution in [3.8, 4) is 17.2 Å². The van der Waals surface area contributed by atoms with Crippen LogP contribution in [0.3, 0.4) is 0 Å². The number of methoxy groups -OCH3 is 2. The molecule has 2 rings (SSSR count). The Morgan fingerprint density at radius 1 is 1.00 bits per heavy atom. The number of benzene rings is 2. The lowest BCUT2D eigenvalue weighted by Gasteiger charge is -2.22. The minimum Gasteiger partial charge on any atom is -0.493 e. The van der Waals surface area contributed by atoms with E-state index in [-0.39, 0.29) is 11.9 Å². The van der Waals surface area contributed by atoms with Gasteiger partial charge in [-0.05, 0) is 49.1 Å². The Morgan fingerprint density at radius 2 is 1.70 bits per heavy atom. The van der Waals surface area contributed by atoms with Crippen LogP contribution in [0.1, 0.15) is 44.4 Å². The van der Waals surface area contributed by atoms with Crippen molar-refractivity contribution in [3.63, 3.8) is 0 Å². The topological polar surface area (TPSA) is 56.8 Å². The van der Waals surface area contributed by atoms with Gasteiger partial charge in [0.15, 0.2) is 17.6 Å². The van der Waals surface area contributed by atoms with Crippen molar-refractivity contribution in [2.24, 2.45) is 0 Å². The molecule has 2 aromatic rings. The molecule has 0 aromatic heterocycles. The molecule has 0 heterocycles. The second-order valence-corrected chi connectivity index (χ2v) is 6.31. The number of para-hydroxylation sites is 1. The quantitative estimate of drug-likeness (QED) is 0.714. The summed E-state index contributed by atoms with van der Waals surface area (Å²) in [6.45, 7) is 5.86. The molecule has 2 aromatic carbocycles. The SMILES string of the molecule is CCc1ccccc1O[C@@H](C)C(=O)N[C@H](CC)c1ccc(OC)c(OC)c1. The first kappa shape index (κ1) is 20.6. The van der Waals surface area contributed by atoms with Gasteiger partial charge in [0, 0.05) is 0 Å². The molecule has 0 bridgehead atoms. The van der Waals surface area contributed by atoms with Gasteiger partial charge in [0.05, 0.1) is 20.3 Å². The Morgan fingerprint density at radius 3 is 2.33 bits per heavy atom. The zero-order valence-electron chi connectivity index (χ0n) is 16.7. The largest absolute Gasteiger partial charge is 0.493 e. The Bertz CT molecular complexity index is 760. The van der Waals surface area contributed by atoms with E-state index in [2.05, 4.69) is 12.2 Å². The van der Waals surface area contributed by atoms with E-state index < -0.39 is 6.10 Å². The molecule has 27 heavy (non-hydrogen) atoms. The predicted octanol–water partition coefficient (Wildman–Crippen LogP) is 4.30. The van der Waals surface area contributed by atoms with Crippen LogP contribution in [-0.4, -0.2) is 26.2 Å². The lowest BCUT2D eigenvalue weighted by atomic mass is 10.0. The molecule has 0 saturated heterocycles. The molecular weight excluding hydrogens is 342 g/mol. The fourth-order valence-corrected chi connectivity index (χ4v) is 2.93. The molecule has 0 radical (unpaired) electrons. The number of hydrogen-bond acceptors (Lipinski definition) is 4. The van der Waals surface area contributed by atoms with Gasteiger partial charge in [-0.25, -0.2) is 0 Å². The highest BCUT2D eigenvalue weighted by atomic mass is 16.5. The van der Waals surface area contributed by atoms with Crippen LogP contribution in [0.4, 0.5) is 0 Å². The standard InChI is InChI=1S/C22H29NO4/c1-6-16-10-8-9-11-19(16)27-15(3)22(24)23-18(7-2)17-12-13-20(25-4)21(14-17)26-5/h8-15,18H,6-7H2,1-5H3,(H,23,24)/t15-,18+/m0/s1. The van der Waals surface area contributed by atoms with Crippen molar-refractivity contribution < 1.29 is 19.0 Å². The van der Waals surface area contributed by atoms with Gasteiger partial charge in [-0.2, -0.15) is 0 Å². The van der Waals surface area contributed by atoms with E-state index in [9.17, 15) is 4.79 Å². The van der Waals surface area contributed by atoms with E-state index in [4.69, 9.17) is 14.2 Å². The predicted molar refractivity (Wildman–Crippen MR) is 107 cm³/mol. The molecule has 0 unspecified atom stereocenters. The zero-order chi connectivity index (χ0) is 19.8. The number of rotatable bonds is 9. The molecule has 0 aliphatic carbocycles. The molecule has 0 aliphatic heterocycles. The Balaban J connectivity index is 2.10. The van der Waals surface area contributed by atoms with E-state index in [1.807, 2.05) is 49.4 Å². The third kappa shape index (κ3) is 5.16. The highest BCUT2D eigenvalue weighted by molar-refractivity contribution is 5.81. The Labute approximate surface area is 161 Å². The summed E-state index contributed by atoms with van der Waals surface area (Å²) in [5, 5.41) is 3.07. The second kappa shape index (κ2) is 9.86. The lowest BCUT2D eigenvalue weighted by Crippen LogP contribution is -2.38. The highest BCUT2D eigenvalue weighted by Crippen LogP contribution is 2.31. The molecule has 1 amide bonds. The van der Waals surface area contributed by atoms with Gasteiger partial charge in [0.1, 0.15) is 5.75 Å². The summed E-state index contributed by atoms with van der Waals surface area (Å²) < 4.78 is 16.5. The highest BCUT2D eigenvalue weighted by Gasteiger charge is 2.21. The molecule has 0 spiro atoms. The van der Waals surface area contributed by atoms with Crippen molar-refractivity contribution in [2.75, 3.05) is 14.2 Å². The molecule has 0 aliphatic rings. The van der Waals surface area contributed by atoms with Crippen LogP contribution in [-0.2, 0) is 11.2 Å². The summed E-state index contributed by atoms with van der Waals surface area (Å²) in [6, 6.07) is 13.3. The Kier molecular flexibility index (Phi) is 7.53.